The fraction of sp³-hybridized carbons (Fsp3) is 0.214. The number of rotatable bonds is 3. The summed E-state index contributed by atoms with van der Waals surface area (Å²) in [5.41, 5.74) is 0.702. The van der Waals surface area contributed by atoms with E-state index in [0.29, 0.717) is 15.5 Å². The number of hydrogen-bond acceptors (Lipinski definition) is 2. The van der Waals surface area contributed by atoms with Crippen LogP contribution in [0.1, 0.15) is 23.5 Å². The summed E-state index contributed by atoms with van der Waals surface area (Å²) < 4.78 is 13.3. The lowest BCUT2D eigenvalue weighted by molar-refractivity contribution is 0.0943. The third kappa shape index (κ3) is 2.79. The molecule has 0 radical (unpaired) electrons. The maximum absolute atomic E-state index is 13.3. The van der Waals surface area contributed by atoms with Crippen molar-refractivity contribution in [3.05, 3.63) is 46.0 Å². The van der Waals surface area contributed by atoms with Gasteiger partial charge in [0.05, 0.1) is 4.88 Å². The van der Waals surface area contributed by atoms with E-state index >= 15 is 0 Å². The lowest BCUT2D eigenvalue weighted by Crippen LogP contribution is -2.04. The molecule has 0 aliphatic rings. The molecular weight excluding hydrogens is 271 g/mol. The third-order valence-electron chi connectivity index (χ3n) is 2.52. The zero-order chi connectivity index (χ0) is 13.3. The maximum atomic E-state index is 13.3. The maximum Gasteiger partial charge on any atom is 0.175 e. The first-order valence-corrected chi connectivity index (χ1v) is 6.77. The van der Waals surface area contributed by atoms with Gasteiger partial charge in [-0.3, -0.25) is 4.79 Å². The molecule has 2 aromatic rings. The number of Topliss-reactive ketones (excluding diaryl/α,β-unsaturated/α-hetero) is 1. The lowest BCUT2D eigenvalue weighted by Gasteiger charge is -2.01. The molecule has 0 N–H and O–H groups in total. The van der Waals surface area contributed by atoms with Crippen molar-refractivity contribution in [1.29, 1.82) is 0 Å². The highest BCUT2D eigenvalue weighted by Crippen LogP contribution is 2.31. The molecular formula is C14H12ClFOS. The summed E-state index contributed by atoms with van der Waals surface area (Å²) in [5.74, 6) is -0.302. The van der Waals surface area contributed by atoms with E-state index in [2.05, 4.69) is 0 Å². The van der Waals surface area contributed by atoms with Crippen molar-refractivity contribution < 1.29 is 9.18 Å². The molecule has 94 valence electrons. The lowest BCUT2D eigenvalue weighted by atomic mass is 10.1. The zero-order valence-corrected chi connectivity index (χ0v) is 11.6. The number of benzene rings is 1. The fourth-order valence-corrected chi connectivity index (χ4v) is 2.91. The number of thiophene rings is 1. The topological polar surface area (TPSA) is 17.1 Å². The SMILES string of the molecule is CC(C)C(=O)c1ccc(-c2cc(F)cc(Cl)c2)s1. The van der Waals surface area contributed by atoms with Gasteiger partial charge in [0, 0.05) is 15.8 Å². The molecule has 18 heavy (non-hydrogen) atoms. The van der Waals surface area contributed by atoms with E-state index in [0.717, 1.165) is 4.88 Å². The molecule has 2 rings (SSSR count). The van der Waals surface area contributed by atoms with Gasteiger partial charge in [-0.25, -0.2) is 4.39 Å². The van der Waals surface area contributed by atoms with Crippen molar-refractivity contribution in [3.8, 4) is 10.4 Å². The zero-order valence-electron chi connectivity index (χ0n) is 10.0. The van der Waals surface area contributed by atoms with E-state index in [1.807, 2.05) is 19.9 Å². The quantitative estimate of drug-likeness (QED) is 0.720. The summed E-state index contributed by atoms with van der Waals surface area (Å²) in [6.07, 6.45) is 0. The van der Waals surface area contributed by atoms with E-state index in [1.54, 1.807) is 12.1 Å². The van der Waals surface area contributed by atoms with E-state index in [4.69, 9.17) is 11.6 Å². The highest BCUT2D eigenvalue weighted by atomic mass is 35.5. The van der Waals surface area contributed by atoms with Crippen molar-refractivity contribution >= 4 is 28.7 Å². The Bertz CT molecular complexity index is 569. The Labute approximate surface area is 114 Å². The Kier molecular flexibility index (Phi) is 3.83. The minimum Gasteiger partial charge on any atom is -0.293 e. The van der Waals surface area contributed by atoms with Crippen molar-refractivity contribution in [2.45, 2.75) is 13.8 Å². The second kappa shape index (κ2) is 5.21. The van der Waals surface area contributed by atoms with Crippen LogP contribution in [0.3, 0.4) is 0 Å². The van der Waals surface area contributed by atoms with Crippen LogP contribution < -0.4 is 0 Å². The van der Waals surface area contributed by atoms with Gasteiger partial charge in [-0.05, 0) is 35.9 Å². The molecule has 0 aliphatic carbocycles. The molecule has 0 unspecified atom stereocenters. The molecule has 0 saturated heterocycles. The Hall–Kier alpha value is -1.19. The Morgan fingerprint density at radius 2 is 2.00 bits per heavy atom. The molecule has 0 fully saturated rings. The minimum atomic E-state index is -0.373. The van der Waals surface area contributed by atoms with Gasteiger partial charge >= 0.3 is 0 Å². The summed E-state index contributed by atoms with van der Waals surface area (Å²) in [4.78, 5) is 13.4. The first-order chi connectivity index (χ1) is 8.47. The van der Waals surface area contributed by atoms with E-state index in [9.17, 15) is 9.18 Å². The molecule has 0 bridgehead atoms. The molecule has 0 amide bonds. The van der Waals surface area contributed by atoms with Crippen LogP contribution in [0.2, 0.25) is 5.02 Å². The summed E-state index contributed by atoms with van der Waals surface area (Å²) in [5, 5.41) is 0.357. The van der Waals surface area contributed by atoms with Gasteiger partial charge in [-0.2, -0.15) is 0 Å². The number of carbonyl (C=O) groups excluding carboxylic acids is 1. The number of halogens is 2. The van der Waals surface area contributed by atoms with Gasteiger partial charge < -0.3 is 0 Å². The van der Waals surface area contributed by atoms with Crippen LogP contribution in [0.4, 0.5) is 4.39 Å². The molecule has 1 nitrogen and oxygen atoms in total. The predicted octanol–water partition coefficient (Wildman–Crippen LogP) is 5.05. The normalized spacial score (nSPS) is 10.9. The van der Waals surface area contributed by atoms with E-state index in [-0.39, 0.29) is 17.5 Å². The van der Waals surface area contributed by atoms with Crippen LogP contribution in [0.25, 0.3) is 10.4 Å². The van der Waals surface area contributed by atoms with Gasteiger partial charge in [0.25, 0.3) is 0 Å². The standard InChI is InChI=1S/C14H12ClFOS/c1-8(2)14(17)13-4-3-12(18-13)9-5-10(15)7-11(16)6-9/h3-8H,1-2H3. The summed E-state index contributed by atoms with van der Waals surface area (Å²) >= 11 is 7.18. The van der Waals surface area contributed by atoms with Gasteiger partial charge in [0.1, 0.15) is 5.82 Å². The average Bonchev–Trinajstić information content (AvgIpc) is 2.75. The van der Waals surface area contributed by atoms with Crippen LogP contribution in [-0.2, 0) is 0 Å². The molecule has 4 heteroatoms. The Morgan fingerprint density at radius 3 is 2.61 bits per heavy atom. The van der Waals surface area contributed by atoms with E-state index in [1.165, 1.54) is 23.5 Å². The monoisotopic (exact) mass is 282 g/mol. The first kappa shape index (κ1) is 13.2. The second-order valence-electron chi connectivity index (χ2n) is 4.34. The molecule has 0 spiro atoms. The minimum absolute atomic E-state index is 0.0346. The first-order valence-electron chi connectivity index (χ1n) is 5.58. The van der Waals surface area contributed by atoms with Crippen LogP contribution in [0, 0.1) is 11.7 Å². The summed E-state index contributed by atoms with van der Waals surface area (Å²) in [6, 6.07) is 7.98. The summed E-state index contributed by atoms with van der Waals surface area (Å²) in [6.45, 7) is 3.72. The Balaban J connectivity index is 2.38. The van der Waals surface area contributed by atoms with E-state index < -0.39 is 0 Å². The van der Waals surface area contributed by atoms with Crippen molar-refractivity contribution in [2.24, 2.45) is 5.92 Å². The predicted molar refractivity (Wildman–Crippen MR) is 73.9 cm³/mol. The van der Waals surface area contributed by atoms with Crippen LogP contribution >= 0.6 is 22.9 Å². The summed E-state index contributed by atoms with van der Waals surface area (Å²) in [7, 11) is 0. The molecule has 0 atom stereocenters. The molecule has 1 aromatic carbocycles. The van der Waals surface area contributed by atoms with Crippen molar-refractivity contribution in [2.75, 3.05) is 0 Å². The van der Waals surface area contributed by atoms with Crippen LogP contribution in [-0.4, -0.2) is 5.78 Å². The van der Waals surface area contributed by atoms with Gasteiger partial charge in [0.15, 0.2) is 5.78 Å². The second-order valence-corrected chi connectivity index (χ2v) is 5.86. The number of hydrogen-bond donors (Lipinski definition) is 0. The fourth-order valence-electron chi connectivity index (χ4n) is 1.61. The van der Waals surface area contributed by atoms with Crippen LogP contribution in [0.5, 0.6) is 0 Å². The highest BCUT2D eigenvalue weighted by Gasteiger charge is 2.14. The number of ketones is 1. The smallest absolute Gasteiger partial charge is 0.175 e. The van der Waals surface area contributed by atoms with Gasteiger partial charge in [0.2, 0.25) is 0 Å². The van der Waals surface area contributed by atoms with Crippen LogP contribution in [0.15, 0.2) is 30.3 Å². The van der Waals surface area contributed by atoms with Crippen molar-refractivity contribution in [3.63, 3.8) is 0 Å². The molecule has 1 aromatic heterocycles. The van der Waals surface area contributed by atoms with Crippen molar-refractivity contribution in [1.82, 2.24) is 0 Å². The molecule has 0 aliphatic heterocycles. The van der Waals surface area contributed by atoms with Gasteiger partial charge in [-0.1, -0.05) is 25.4 Å². The largest absolute Gasteiger partial charge is 0.293 e. The highest BCUT2D eigenvalue weighted by molar-refractivity contribution is 7.17. The third-order valence-corrected chi connectivity index (χ3v) is 3.89. The molecule has 1 heterocycles. The average molecular weight is 283 g/mol. The number of carbonyl (C=O) groups is 1. The molecule has 0 saturated carbocycles. The Morgan fingerprint density at radius 1 is 1.28 bits per heavy atom. The van der Waals surface area contributed by atoms with Gasteiger partial charge in [-0.15, -0.1) is 11.3 Å².